The van der Waals surface area contributed by atoms with E-state index in [1.165, 1.54) is 19.2 Å². The molecule has 4 N–H and O–H groups in total. The summed E-state index contributed by atoms with van der Waals surface area (Å²) in [6.07, 6.45) is 0. The van der Waals surface area contributed by atoms with Gasteiger partial charge < -0.3 is 16.4 Å². The average Bonchev–Trinajstić information content (AvgIpc) is 2.79. The third-order valence-electron chi connectivity index (χ3n) is 2.87. The van der Waals surface area contributed by atoms with E-state index < -0.39 is 0 Å². The lowest BCUT2D eigenvalue weighted by atomic mass is 10.1. The van der Waals surface area contributed by atoms with Crippen molar-refractivity contribution in [3.63, 3.8) is 0 Å². The van der Waals surface area contributed by atoms with Crippen LogP contribution in [0.2, 0.25) is 0 Å². The van der Waals surface area contributed by atoms with Crippen LogP contribution >= 0.6 is 11.5 Å². The van der Waals surface area contributed by atoms with E-state index in [2.05, 4.69) is 15.0 Å². The van der Waals surface area contributed by atoms with E-state index in [4.69, 9.17) is 5.73 Å². The number of aromatic nitrogens is 1. The molecule has 1 amide bonds. The summed E-state index contributed by atoms with van der Waals surface area (Å²) in [5.74, 6) is -0.417. The van der Waals surface area contributed by atoms with Crippen LogP contribution in [-0.2, 0) is 0 Å². The Morgan fingerprint density at radius 1 is 1.50 bits per heavy atom. The zero-order valence-corrected chi connectivity index (χ0v) is 11.9. The number of carbonyl (C=O) groups is 1. The molecule has 0 fully saturated rings. The van der Waals surface area contributed by atoms with Crippen LogP contribution < -0.4 is 16.4 Å². The van der Waals surface area contributed by atoms with Gasteiger partial charge >= 0.3 is 0 Å². The van der Waals surface area contributed by atoms with Gasteiger partial charge in [-0.15, -0.1) is 0 Å². The molecule has 20 heavy (non-hydrogen) atoms. The van der Waals surface area contributed by atoms with Crippen molar-refractivity contribution < 1.29 is 9.18 Å². The van der Waals surface area contributed by atoms with Gasteiger partial charge in [0, 0.05) is 13.1 Å². The Kier molecular flexibility index (Phi) is 4.19. The summed E-state index contributed by atoms with van der Waals surface area (Å²) in [7, 11) is 1.53. The molecule has 1 atom stereocenters. The van der Waals surface area contributed by atoms with Crippen molar-refractivity contribution >= 4 is 28.3 Å². The average molecular weight is 294 g/mol. The van der Waals surface area contributed by atoms with Crippen molar-refractivity contribution in [2.24, 2.45) is 0 Å². The van der Waals surface area contributed by atoms with Gasteiger partial charge in [-0.25, -0.2) is 4.39 Å². The van der Waals surface area contributed by atoms with E-state index in [-0.39, 0.29) is 23.6 Å². The molecule has 106 valence electrons. The lowest BCUT2D eigenvalue weighted by Gasteiger charge is -2.15. The van der Waals surface area contributed by atoms with Gasteiger partial charge in [0.25, 0.3) is 5.91 Å². The predicted molar refractivity (Wildman–Crippen MR) is 78.4 cm³/mol. The molecule has 1 heterocycles. The highest BCUT2D eigenvalue weighted by atomic mass is 32.1. The van der Waals surface area contributed by atoms with Crippen LogP contribution in [0, 0.1) is 5.82 Å². The minimum atomic E-state index is -0.301. The zero-order chi connectivity index (χ0) is 14.7. The van der Waals surface area contributed by atoms with Crippen molar-refractivity contribution in [2.75, 3.05) is 18.1 Å². The number of halogens is 1. The van der Waals surface area contributed by atoms with Gasteiger partial charge in [0.15, 0.2) is 5.82 Å². The van der Waals surface area contributed by atoms with Gasteiger partial charge in [0.1, 0.15) is 16.4 Å². The fourth-order valence-corrected chi connectivity index (χ4v) is 2.60. The van der Waals surface area contributed by atoms with Crippen LogP contribution in [0.15, 0.2) is 24.3 Å². The lowest BCUT2D eigenvalue weighted by molar-refractivity contribution is 0.0965. The predicted octanol–water partition coefficient (Wildman–Crippen LogP) is 2.40. The van der Waals surface area contributed by atoms with E-state index >= 15 is 0 Å². The fourth-order valence-electron chi connectivity index (χ4n) is 1.80. The van der Waals surface area contributed by atoms with E-state index in [9.17, 15) is 9.18 Å². The summed E-state index contributed by atoms with van der Waals surface area (Å²) in [4.78, 5) is 11.8. The number of hydrogen-bond donors (Lipinski definition) is 3. The maximum atomic E-state index is 13.2. The third-order valence-corrected chi connectivity index (χ3v) is 3.66. The SMILES string of the molecule is CNC(=O)c1c(N)nsc1NC(C)c1cccc(F)c1. The van der Waals surface area contributed by atoms with Gasteiger partial charge in [-0.3, -0.25) is 4.79 Å². The van der Waals surface area contributed by atoms with Crippen molar-refractivity contribution in [2.45, 2.75) is 13.0 Å². The van der Waals surface area contributed by atoms with Gasteiger partial charge in [-0.05, 0) is 36.2 Å². The largest absolute Gasteiger partial charge is 0.382 e. The fraction of sp³-hybridized carbons (Fsp3) is 0.231. The number of nitrogens with one attached hydrogen (secondary N) is 2. The number of hydrogen-bond acceptors (Lipinski definition) is 5. The molecular weight excluding hydrogens is 279 g/mol. The van der Waals surface area contributed by atoms with Crippen molar-refractivity contribution in [1.29, 1.82) is 0 Å². The molecule has 0 aliphatic carbocycles. The minimum Gasteiger partial charge on any atom is -0.382 e. The first-order chi connectivity index (χ1) is 9.52. The number of rotatable bonds is 4. The second-order valence-electron chi connectivity index (χ2n) is 4.27. The Balaban J connectivity index is 2.24. The topological polar surface area (TPSA) is 80.0 Å². The Morgan fingerprint density at radius 2 is 2.25 bits per heavy atom. The van der Waals surface area contributed by atoms with E-state index in [0.717, 1.165) is 17.1 Å². The molecule has 0 bridgehead atoms. The highest BCUT2D eigenvalue weighted by molar-refractivity contribution is 7.11. The normalized spacial score (nSPS) is 11.9. The first-order valence-corrected chi connectivity index (χ1v) is 6.79. The molecule has 0 saturated heterocycles. The summed E-state index contributed by atoms with van der Waals surface area (Å²) in [6, 6.07) is 6.11. The first kappa shape index (κ1) is 14.3. The minimum absolute atomic E-state index is 0.172. The zero-order valence-electron chi connectivity index (χ0n) is 11.1. The highest BCUT2D eigenvalue weighted by Gasteiger charge is 2.19. The number of nitrogens with two attached hydrogens (primary N) is 1. The molecule has 5 nitrogen and oxygen atoms in total. The summed E-state index contributed by atoms with van der Waals surface area (Å²) in [6.45, 7) is 1.87. The summed E-state index contributed by atoms with van der Waals surface area (Å²) < 4.78 is 17.2. The van der Waals surface area contributed by atoms with Gasteiger partial charge in [-0.2, -0.15) is 4.37 Å². The van der Waals surface area contributed by atoms with E-state index in [1.807, 2.05) is 13.0 Å². The summed E-state index contributed by atoms with van der Waals surface area (Å²) >= 11 is 1.11. The van der Waals surface area contributed by atoms with Crippen molar-refractivity contribution in [3.05, 3.63) is 41.2 Å². The van der Waals surface area contributed by atoms with E-state index in [1.54, 1.807) is 6.07 Å². The molecular formula is C13H15FN4OS. The molecule has 1 aromatic heterocycles. The van der Waals surface area contributed by atoms with Crippen molar-refractivity contribution in [3.8, 4) is 0 Å². The molecule has 0 saturated carbocycles. The Hall–Kier alpha value is -2.15. The van der Waals surface area contributed by atoms with Crippen LogP contribution in [-0.4, -0.2) is 17.3 Å². The summed E-state index contributed by atoms with van der Waals surface area (Å²) in [5, 5.41) is 6.23. The molecule has 0 spiro atoms. The first-order valence-electron chi connectivity index (χ1n) is 6.02. The molecule has 1 unspecified atom stereocenters. The van der Waals surface area contributed by atoms with Gasteiger partial charge in [0.05, 0.1) is 0 Å². The molecule has 0 aliphatic rings. The molecule has 2 rings (SSSR count). The van der Waals surface area contributed by atoms with Crippen LogP contribution in [0.1, 0.15) is 28.9 Å². The number of nitrogens with zero attached hydrogens (tertiary/aromatic N) is 1. The standard InChI is InChI=1S/C13H15FN4OS/c1-7(8-4-3-5-9(14)6-8)17-13-10(12(19)16-2)11(15)18-20-13/h3-7,17H,1-2H3,(H2,15,18)(H,16,19). The Bertz CT molecular complexity index is 629. The number of carbonyl (C=O) groups excluding carboxylic acids is 1. The maximum absolute atomic E-state index is 13.2. The molecule has 7 heteroatoms. The van der Waals surface area contributed by atoms with Crippen LogP contribution in [0.25, 0.3) is 0 Å². The van der Waals surface area contributed by atoms with Gasteiger partial charge in [-0.1, -0.05) is 12.1 Å². The lowest BCUT2D eigenvalue weighted by Crippen LogP contribution is -2.20. The number of anilines is 2. The number of nitrogen functional groups attached to an aromatic ring is 1. The smallest absolute Gasteiger partial charge is 0.257 e. The maximum Gasteiger partial charge on any atom is 0.257 e. The molecule has 2 aromatic rings. The highest BCUT2D eigenvalue weighted by Crippen LogP contribution is 2.30. The molecule has 1 aromatic carbocycles. The van der Waals surface area contributed by atoms with Crippen LogP contribution in [0.4, 0.5) is 15.2 Å². The number of amides is 1. The third kappa shape index (κ3) is 2.88. The van der Waals surface area contributed by atoms with Crippen LogP contribution in [0.3, 0.4) is 0 Å². The Labute approximate surface area is 120 Å². The van der Waals surface area contributed by atoms with Crippen molar-refractivity contribution in [1.82, 2.24) is 9.69 Å². The molecule has 0 aliphatic heterocycles. The second kappa shape index (κ2) is 5.87. The monoisotopic (exact) mass is 294 g/mol. The van der Waals surface area contributed by atoms with E-state index in [0.29, 0.717) is 10.6 Å². The molecule has 0 radical (unpaired) electrons. The summed E-state index contributed by atoms with van der Waals surface area (Å²) in [5.41, 5.74) is 6.79. The number of benzene rings is 1. The second-order valence-corrected chi connectivity index (χ2v) is 5.05. The van der Waals surface area contributed by atoms with Crippen LogP contribution in [0.5, 0.6) is 0 Å². The van der Waals surface area contributed by atoms with Gasteiger partial charge in [0.2, 0.25) is 0 Å². The Morgan fingerprint density at radius 3 is 2.90 bits per heavy atom. The quantitative estimate of drug-likeness (QED) is 0.809.